The van der Waals surface area contributed by atoms with Crippen molar-refractivity contribution in [2.24, 2.45) is 5.92 Å². The first kappa shape index (κ1) is 14.8. The molecule has 0 aliphatic heterocycles. The van der Waals surface area contributed by atoms with Crippen molar-refractivity contribution in [1.29, 1.82) is 0 Å². The van der Waals surface area contributed by atoms with Gasteiger partial charge in [-0.2, -0.15) is 0 Å². The molecule has 1 saturated carbocycles. The lowest BCUT2D eigenvalue weighted by Gasteiger charge is -2.16. The molecule has 0 radical (unpaired) electrons. The summed E-state index contributed by atoms with van der Waals surface area (Å²) in [6.45, 7) is 0.848. The summed E-state index contributed by atoms with van der Waals surface area (Å²) in [5.74, 6) is 1.21. The van der Waals surface area contributed by atoms with Gasteiger partial charge in [-0.3, -0.25) is 4.98 Å². The van der Waals surface area contributed by atoms with Gasteiger partial charge < -0.3 is 15.4 Å². The highest BCUT2D eigenvalue weighted by Crippen LogP contribution is 2.41. The van der Waals surface area contributed by atoms with Crippen molar-refractivity contribution in [2.45, 2.75) is 18.9 Å². The van der Waals surface area contributed by atoms with Gasteiger partial charge in [-0.25, -0.2) is 9.78 Å². The Morgan fingerprint density at radius 1 is 1.45 bits per heavy atom. The molecule has 6 nitrogen and oxygen atoms in total. The molecule has 2 amide bonds. The van der Waals surface area contributed by atoms with Crippen molar-refractivity contribution in [3.8, 4) is 5.75 Å². The first-order valence-corrected chi connectivity index (χ1v) is 8.17. The van der Waals surface area contributed by atoms with Gasteiger partial charge in [-0.15, -0.1) is 11.3 Å². The number of ether oxygens (including phenoxy) is 1. The first-order valence-electron chi connectivity index (χ1n) is 7.29. The molecule has 7 heteroatoms. The molecule has 2 aromatic heterocycles. The lowest BCUT2D eigenvalue weighted by Crippen LogP contribution is -2.40. The lowest BCUT2D eigenvalue weighted by atomic mass is 10.2. The van der Waals surface area contributed by atoms with Crippen LogP contribution in [0.3, 0.4) is 0 Å². The third-order valence-corrected chi connectivity index (χ3v) is 4.25. The molecule has 0 unspecified atom stereocenters. The van der Waals surface area contributed by atoms with E-state index >= 15 is 0 Å². The Bertz CT molecular complexity index is 587. The number of urea groups is 1. The average molecular weight is 318 g/mol. The van der Waals surface area contributed by atoms with E-state index in [1.165, 1.54) is 0 Å². The highest BCUT2D eigenvalue weighted by Gasteiger charge is 2.34. The fraction of sp³-hybridized carbons (Fsp3) is 0.400. The van der Waals surface area contributed by atoms with E-state index < -0.39 is 0 Å². The zero-order valence-corrected chi connectivity index (χ0v) is 12.9. The molecule has 1 fully saturated rings. The summed E-state index contributed by atoms with van der Waals surface area (Å²) >= 11 is 1.58. The molecule has 0 aromatic carbocycles. The van der Waals surface area contributed by atoms with Crippen molar-refractivity contribution in [1.82, 2.24) is 20.6 Å². The zero-order valence-electron chi connectivity index (χ0n) is 12.1. The Balaban J connectivity index is 1.40. The van der Waals surface area contributed by atoms with Crippen LogP contribution in [-0.4, -0.2) is 29.2 Å². The molecule has 1 aliphatic rings. The smallest absolute Gasteiger partial charge is 0.315 e. The number of nitrogens with one attached hydrogen (secondary N) is 2. The minimum Gasteiger partial charge on any atom is -0.490 e. The van der Waals surface area contributed by atoms with Crippen LogP contribution < -0.4 is 15.4 Å². The highest BCUT2D eigenvalue weighted by molar-refractivity contribution is 7.09. The Kier molecular flexibility index (Phi) is 4.85. The maximum Gasteiger partial charge on any atom is 0.315 e. The number of rotatable bonds is 7. The normalized spacial score (nSPS) is 15.1. The molecule has 1 aliphatic carbocycles. The number of hydrogen-bond acceptors (Lipinski definition) is 5. The number of hydrogen-bond donors (Lipinski definition) is 2. The van der Waals surface area contributed by atoms with Gasteiger partial charge in [0.05, 0.1) is 18.8 Å². The van der Waals surface area contributed by atoms with E-state index in [2.05, 4.69) is 20.6 Å². The predicted molar refractivity (Wildman–Crippen MR) is 83.8 cm³/mol. The van der Waals surface area contributed by atoms with Gasteiger partial charge in [0.1, 0.15) is 17.4 Å². The van der Waals surface area contributed by atoms with Crippen molar-refractivity contribution in [2.75, 3.05) is 13.2 Å². The third kappa shape index (κ3) is 4.17. The Morgan fingerprint density at radius 3 is 3.05 bits per heavy atom. The predicted octanol–water partition coefficient (Wildman–Crippen LogP) is 2.37. The molecule has 3 rings (SSSR count). The van der Waals surface area contributed by atoms with Crippen LogP contribution in [0, 0.1) is 5.92 Å². The number of thiazole rings is 1. The Labute approximate surface area is 132 Å². The second-order valence-electron chi connectivity index (χ2n) is 5.12. The van der Waals surface area contributed by atoms with Crippen LogP contribution in [0.1, 0.15) is 23.9 Å². The summed E-state index contributed by atoms with van der Waals surface area (Å²) in [5, 5.41) is 8.73. The Morgan fingerprint density at radius 2 is 2.36 bits per heavy atom. The minimum absolute atomic E-state index is 0.0271. The summed E-state index contributed by atoms with van der Waals surface area (Å²) in [5.41, 5.74) is 0. The number of nitrogens with zero attached hydrogens (tertiary/aromatic N) is 2. The molecule has 0 spiro atoms. The molecule has 116 valence electrons. The van der Waals surface area contributed by atoms with Crippen molar-refractivity contribution in [3.05, 3.63) is 41.1 Å². The first-order chi connectivity index (χ1) is 10.8. The fourth-order valence-electron chi connectivity index (χ4n) is 2.16. The van der Waals surface area contributed by atoms with Gasteiger partial charge in [0.15, 0.2) is 0 Å². The third-order valence-electron chi connectivity index (χ3n) is 3.39. The maximum atomic E-state index is 12.0. The zero-order chi connectivity index (χ0) is 15.2. The van der Waals surface area contributed by atoms with Crippen LogP contribution in [0.2, 0.25) is 0 Å². The van der Waals surface area contributed by atoms with Crippen LogP contribution in [0.4, 0.5) is 4.79 Å². The molecule has 2 heterocycles. The number of pyridine rings is 1. The van der Waals surface area contributed by atoms with E-state index in [-0.39, 0.29) is 12.1 Å². The van der Waals surface area contributed by atoms with Crippen LogP contribution in [0.5, 0.6) is 5.75 Å². The van der Waals surface area contributed by atoms with Crippen LogP contribution >= 0.6 is 11.3 Å². The number of carbonyl (C=O) groups excluding carboxylic acids is 1. The van der Waals surface area contributed by atoms with Crippen molar-refractivity contribution in [3.63, 3.8) is 0 Å². The number of carbonyl (C=O) groups is 1. The summed E-state index contributed by atoms with van der Waals surface area (Å²) in [6.07, 6.45) is 7.40. The van der Waals surface area contributed by atoms with E-state index in [9.17, 15) is 4.79 Å². The summed E-state index contributed by atoms with van der Waals surface area (Å²) < 4.78 is 5.48. The van der Waals surface area contributed by atoms with Crippen molar-refractivity contribution >= 4 is 17.4 Å². The lowest BCUT2D eigenvalue weighted by molar-refractivity contribution is 0.231. The monoisotopic (exact) mass is 318 g/mol. The topological polar surface area (TPSA) is 76.1 Å². The summed E-state index contributed by atoms with van der Waals surface area (Å²) in [7, 11) is 0. The van der Waals surface area contributed by atoms with E-state index in [0.717, 1.165) is 17.8 Å². The molecule has 2 N–H and O–H groups in total. The SMILES string of the molecule is O=C(NCCOc1cccnc1)N[C@@H](c1nccs1)C1CC1. The van der Waals surface area contributed by atoms with Gasteiger partial charge in [0, 0.05) is 17.8 Å². The molecule has 0 bridgehead atoms. The second kappa shape index (κ2) is 7.22. The Hall–Kier alpha value is -2.15. The van der Waals surface area contributed by atoms with E-state index in [4.69, 9.17) is 4.74 Å². The van der Waals surface area contributed by atoms with E-state index in [1.54, 1.807) is 29.9 Å². The standard InChI is InChI=1S/C15H18N4O2S/c20-15(18-6-8-21-12-2-1-5-16-10-12)19-13(11-3-4-11)14-17-7-9-22-14/h1-2,5,7,9-11,13H,3-4,6,8H2,(H2,18,19,20)/t13-/m1/s1. The minimum atomic E-state index is -0.179. The van der Waals surface area contributed by atoms with Crippen molar-refractivity contribution < 1.29 is 9.53 Å². The molecular weight excluding hydrogens is 300 g/mol. The van der Waals surface area contributed by atoms with Gasteiger partial charge in [-0.1, -0.05) is 0 Å². The van der Waals surface area contributed by atoms with Crippen LogP contribution in [0.15, 0.2) is 36.1 Å². The molecule has 1 atom stereocenters. The number of aromatic nitrogens is 2. The van der Waals surface area contributed by atoms with E-state index in [1.807, 2.05) is 17.5 Å². The highest BCUT2D eigenvalue weighted by atomic mass is 32.1. The summed E-state index contributed by atoms with van der Waals surface area (Å²) in [4.78, 5) is 20.3. The van der Waals surface area contributed by atoms with Gasteiger partial charge in [0.25, 0.3) is 0 Å². The van der Waals surface area contributed by atoms with Gasteiger partial charge >= 0.3 is 6.03 Å². The average Bonchev–Trinajstić information content (AvgIpc) is 3.24. The van der Waals surface area contributed by atoms with Crippen LogP contribution in [-0.2, 0) is 0 Å². The molecule has 2 aromatic rings. The quantitative estimate of drug-likeness (QED) is 0.769. The number of amides is 2. The second-order valence-corrected chi connectivity index (χ2v) is 6.05. The molecule has 22 heavy (non-hydrogen) atoms. The largest absolute Gasteiger partial charge is 0.490 e. The van der Waals surface area contributed by atoms with Crippen LogP contribution in [0.25, 0.3) is 0 Å². The molecular formula is C15H18N4O2S. The van der Waals surface area contributed by atoms with E-state index in [0.29, 0.717) is 24.8 Å². The van der Waals surface area contributed by atoms with Gasteiger partial charge in [0.2, 0.25) is 0 Å². The summed E-state index contributed by atoms with van der Waals surface area (Å²) in [6, 6.07) is 3.49. The maximum absolute atomic E-state index is 12.0. The van der Waals surface area contributed by atoms with Gasteiger partial charge in [-0.05, 0) is 30.9 Å². The molecule has 0 saturated heterocycles. The fourth-order valence-corrected chi connectivity index (χ4v) is 2.94.